The smallest absolute Gasteiger partial charge is 0.394 e. The third kappa shape index (κ3) is 7.12. The molecule has 0 unspecified atom stereocenters. The van der Waals surface area contributed by atoms with E-state index in [1.165, 1.54) is 12.1 Å². The van der Waals surface area contributed by atoms with Crippen molar-refractivity contribution in [2.24, 2.45) is 5.11 Å². The van der Waals surface area contributed by atoms with Gasteiger partial charge in [-0.15, -0.1) is 0 Å². The lowest BCUT2D eigenvalue weighted by Gasteiger charge is -2.43. The second kappa shape index (κ2) is 11.8. The Labute approximate surface area is 211 Å². The van der Waals surface area contributed by atoms with E-state index in [0.29, 0.717) is 17.7 Å². The number of benzene rings is 2. The van der Waals surface area contributed by atoms with Crippen LogP contribution in [-0.4, -0.2) is 47.5 Å². The van der Waals surface area contributed by atoms with E-state index in [1.807, 2.05) is 0 Å². The van der Waals surface area contributed by atoms with Gasteiger partial charge in [0.15, 0.2) is 6.29 Å². The van der Waals surface area contributed by atoms with Gasteiger partial charge in [0.1, 0.15) is 18.0 Å². The van der Waals surface area contributed by atoms with Crippen LogP contribution in [0.4, 0.5) is 30.7 Å². The quantitative estimate of drug-likeness (QED) is 0.200. The van der Waals surface area contributed by atoms with Gasteiger partial charge in [0, 0.05) is 4.91 Å². The van der Waals surface area contributed by atoms with Gasteiger partial charge < -0.3 is 24.4 Å². The Balaban J connectivity index is 1.94. The molecule has 38 heavy (non-hydrogen) atoms. The van der Waals surface area contributed by atoms with Gasteiger partial charge in [0.2, 0.25) is 0 Å². The van der Waals surface area contributed by atoms with E-state index < -0.39 is 78.2 Å². The average molecular weight is 553 g/mol. The summed E-state index contributed by atoms with van der Waals surface area (Å²) in [5.74, 6) is -0.530. The van der Waals surface area contributed by atoms with E-state index in [1.54, 1.807) is 0 Å². The largest absolute Gasteiger partial charge is 0.416 e. The van der Waals surface area contributed by atoms with Crippen LogP contribution in [-0.2, 0) is 33.2 Å². The number of ether oxygens (including phenoxy) is 3. The lowest BCUT2D eigenvalue weighted by Crippen LogP contribution is -2.59. The van der Waals surface area contributed by atoms with Gasteiger partial charge in [-0.2, -0.15) is 26.3 Å². The number of halogens is 7. The highest BCUT2D eigenvalue weighted by Gasteiger charge is 2.47. The van der Waals surface area contributed by atoms with Crippen LogP contribution in [0.3, 0.4) is 0 Å². The van der Waals surface area contributed by atoms with Crippen LogP contribution in [0, 0.1) is 5.82 Å². The van der Waals surface area contributed by atoms with Gasteiger partial charge in [-0.05, 0) is 53.9 Å². The van der Waals surface area contributed by atoms with E-state index in [-0.39, 0.29) is 12.7 Å². The molecule has 208 valence electrons. The van der Waals surface area contributed by atoms with Gasteiger partial charge in [-0.1, -0.05) is 17.2 Å². The molecule has 0 aromatic heterocycles. The fourth-order valence-corrected chi connectivity index (χ4v) is 3.80. The molecule has 0 spiro atoms. The molecule has 0 amide bonds. The van der Waals surface area contributed by atoms with Crippen molar-refractivity contribution in [3.05, 3.63) is 81.0 Å². The highest BCUT2D eigenvalue weighted by molar-refractivity contribution is 5.34. The Bertz CT molecular complexity index is 1110. The molecular formula is C23H22F7N3O5. The number of aliphatic hydroxyl groups is 2. The monoisotopic (exact) mass is 553 g/mol. The fourth-order valence-electron chi connectivity index (χ4n) is 3.80. The Kier molecular flexibility index (Phi) is 9.23. The SMILES string of the molecule is C[C@@H](O[C@H]1O[C@H](CO)[C@@H](O)[C@H](N=[N+]=[N-])[C@H]1OCc1ccc(F)cc1)c1cc(C(F)(F)F)cc(C(F)(F)F)c1. The zero-order chi connectivity index (χ0) is 28.3. The van der Waals surface area contributed by atoms with Crippen molar-refractivity contribution in [2.75, 3.05) is 6.61 Å². The predicted octanol–water partition coefficient (Wildman–Crippen LogP) is 5.28. The third-order valence-corrected chi connectivity index (χ3v) is 5.78. The minimum absolute atomic E-state index is 0.0300. The number of nitrogens with zero attached hydrogens (tertiary/aromatic N) is 3. The number of aliphatic hydroxyl groups excluding tert-OH is 2. The molecule has 1 aliphatic heterocycles. The molecule has 0 radical (unpaired) electrons. The molecule has 2 aromatic carbocycles. The van der Waals surface area contributed by atoms with Gasteiger partial charge in [0.05, 0.1) is 42.6 Å². The molecule has 1 saturated heterocycles. The molecular weight excluding hydrogens is 531 g/mol. The van der Waals surface area contributed by atoms with Crippen LogP contribution in [0.5, 0.6) is 0 Å². The maximum absolute atomic E-state index is 13.3. The van der Waals surface area contributed by atoms with Crippen LogP contribution in [0.25, 0.3) is 10.4 Å². The Hall–Kier alpha value is -2.94. The standard InChI is InChI=1S/C23H22F7N3O5/c1-11(13-6-14(22(25,26)27)8-15(7-13)23(28,29)30)37-21-20(36-10-12-2-4-16(24)5-3-12)18(32-33-31)19(35)17(9-34)38-21/h2-8,11,17-21,34-35H,9-10H2,1H3/t11-,17-,18+,19-,20-,21+/m1/s1. The lowest BCUT2D eigenvalue weighted by atomic mass is 9.96. The van der Waals surface area contributed by atoms with E-state index in [0.717, 1.165) is 19.1 Å². The lowest BCUT2D eigenvalue weighted by molar-refractivity contribution is -0.298. The van der Waals surface area contributed by atoms with Crippen molar-refractivity contribution in [1.29, 1.82) is 0 Å². The molecule has 3 rings (SSSR count). The van der Waals surface area contributed by atoms with Gasteiger partial charge >= 0.3 is 12.4 Å². The normalized spacial score (nSPS) is 25.1. The van der Waals surface area contributed by atoms with Gasteiger partial charge in [0.25, 0.3) is 0 Å². The second-order valence-corrected chi connectivity index (χ2v) is 8.43. The highest BCUT2D eigenvalue weighted by Crippen LogP contribution is 2.39. The fraction of sp³-hybridized carbons (Fsp3) is 0.478. The van der Waals surface area contributed by atoms with E-state index in [2.05, 4.69) is 10.0 Å². The number of alkyl halides is 6. The van der Waals surface area contributed by atoms with Crippen LogP contribution >= 0.6 is 0 Å². The van der Waals surface area contributed by atoms with Crippen LogP contribution in [0.2, 0.25) is 0 Å². The Morgan fingerprint density at radius 3 is 2.13 bits per heavy atom. The number of hydrogen-bond acceptors (Lipinski definition) is 6. The summed E-state index contributed by atoms with van der Waals surface area (Å²) in [5, 5.41) is 23.6. The molecule has 1 aliphatic rings. The summed E-state index contributed by atoms with van der Waals surface area (Å²) in [4.78, 5) is 2.64. The third-order valence-electron chi connectivity index (χ3n) is 5.78. The molecule has 0 saturated carbocycles. The van der Waals surface area contributed by atoms with Crippen LogP contribution < -0.4 is 0 Å². The maximum atomic E-state index is 13.3. The molecule has 1 heterocycles. The molecule has 2 N–H and O–H groups in total. The van der Waals surface area contributed by atoms with Crippen molar-refractivity contribution < 1.29 is 55.2 Å². The van der Waals surface area contributed by atoms with E-state index in [9.17, 15) is 40.9 Å². The highest BCUT2D eigenvalue weighted by atomic mass is 19.4. The van der Waals surface area contributed by atoms with Gasteiger partial charge in [-0.3, -0.25) is 0 Å². The Morgan fingerprint density at radius 1 is 1.05 bits per heavy atom. The van der Waals surface area contributed by atoms with E-state index >= 15 is 0 Å². The van der Waals surface area contributed by atoms with Gasteiger partial charge in [-0.25, -0.2) is 4.39 Å². The summed E-state index contributed by atoms with van der Waals surface area (Å²) in [6.45, 7) is 0.120. The molecule has 8 nitrogen and oxygen atoms in total. The first-order valence-corrected chi connectivity index (χ1v) is 11.0. The molecule has 0 aliphatic carbocycles. The first kappa shape index (κ1) is 29.6. The summed E-state index contributed by atoms with van der Waals surface area (Å²) in [6, 6.07) is 4.52. The van der Waals surface area contributed by atoms with Crippen molar-refractivity contribution in [2.45, 2.75) is 62.6 Å². The zero-order valence-corrected chi connectivity index (χ0v) is 19.5. The summed E-state index contributed by atoms with van der Waals surface area (Å²) >= 11 is 0. The van der Waals surface area contributed by atoms with Crippen LogP contribution in [0.1, 0.15) is 35.3 Å². The Morgan fingerprint density at radius 2 is 1.63 bits per heavy atom. The average Bonchev–Trinajstić information content (AvgIpc) is 2.85. The van der Waals surface area contributed by atoms with Crippen molar-refractivity contribution in [3.8, 4) is 0 Å². The summed E-state index contributed by atoms with van der Waals surface area (Å²) in [7, 11) is 0. The van der Waals surface area contributed by atoms with E-state index in [4.69, 9.17) is 19.7 Å². The molecule has 15 heteroatoms. The molecule has 2 aromatic rings. The first-order chi connectivity index (χ1) is 17.7. The molecule has 6 atom stereocenters. The predicted molar refractivity (Wildman–Crippen MR) is 116 cm³/mol. The van der Waals surface area contributed by atoms with Crippen molar-refractivity contribution in [3.63, 3.8) is 0 Å². The summed E-state index contributed by atoms with van der Waals surface area (Å²) < 4.78 is 110. The molecule has 0 bridgehead atoms. The number of azide groups is 1. The maximum Gasteiger partial charge on any atom is 0.416 e. The second-order valence-electron chi connectivity index (χ2n) is 8.43. The number of hydrogen-bond donors (Lipinski definition) is 2. The minimum Gasteiger partial charge on any atom is -0.394 e. The number of rotatable bonds is 8. The zero-order valence-electron chi connectivity index (χ0n) is 19.5. The summed E-state index contributed by atoms with van der Waals surface area (Å²) in [6.07, 6.45) is -17.7. The topological polar surface area (TPSA) is 117 Å². The van der Waals surface area contributed by atoms with Crippen LogP contribution in [0.15, 0.2) is 47.6 Å². The first-order valence-electron chi connectivity index (χ1n) is 11.0. The van der Waals surface area contributed by atoms with Crippen molar-refractivity contribution in [1.82, 2.24) is 0 Å². The van der Waals surface area contributed by atoms with Crippen molar-refractivity contribution >= 4 is 0 Å². The minimum atomic E-state index is -5.09. The summed E-state index contributed by atoms with van der Waals surface area (Å²) in [5.41, 5.74) is 5.81. The molecule has 1 fully saturated rings.